The highest BCUT2D eigenvalue weighted by Gasteiger charge is 2.30. The van der Waals surface area contributed by atoms with E-state index in [9.17, 15) is 0 Å². The van der Waals surface area contributed by atoms with Gasteiger partial charge in [0.25, 0.3) is 0 Å². The van der Waals surface area contributed by atoms with E-state index in [2.05, 4.69) is 46.4 Å². The largest absolute Gasteiger partial charge is 0.497 e. The smallest absolute Gasteiger partial charge is 0.194 e. The first-order valence-corrected chi connectivity index (χ1v) is 10.5. The third-order valence-electron chi connectivity index (χ3n) is 6.34. The van der Waals surface area contributed by atoms with E-state index < -0.39 is 0 Å². The Kier molecular flexibility index (Phi) is 4.83. The minimum Gasteiger partial charge on any atom is -0.497 e. The Morgan fingerprint density at radius 1 is 1.10 bits per heavy atom. The number of anilines is 1. The Labute approximate surface area is 177 Å². The molecule has 0 spiro atoms. The summed E-state index contributed by atoms with van der Waals surface area (Å²) >= 11 is 0. The van der Waals surface area contributed by atoms with Gasteiger partial charge in [0, 0.05) is 31.7 Å². The number of piperazine rings is 1. The van der Waals surface area contributed by atoms with E-state index in [1.165, 1.54) is 22.4 Å². The first-order valence-electron chi connectivity index (χ1n) is 10.5. The van der Waals surface area contributed by atoms with Crippen LogP contribution in [0, 0.1) is 0 Å². The molecule has 1 aliphatic carbocycles. The lowest BCUT2D eigenvalue weighted by molar-refractivity contribution is 0.313. The van der Waals surface area contributed by atoms with Crippen molar-refractivity contribution in [2.45, 2.75) is 18.9 Å². The van der Waals surface area contributed by atoms with Crippen LogP contribution in [0.15, 0.2) is 47.1 Å². The highest BCUT2D eigenvalue weighted by atomic mass is 16.5. The molecule has 3 aliphatic rings. The van der Waals surface area contributed by atoms with E-state index in [-0.39, 0.29) is 6.04 Å². The number of fused-ring (bicyclic) bond motifs is 2. The maximum absolute atomic E-state index is 6.18. The number of rotatable bonds is 3. The number of aryl methyl sites for hydroxylation is 1. The van der Waals surface area contributed by atoms with Crippen LogP contribution in [0.25, 0.3) is 5.70 Å². The molecule has 1 aromatic carbocycles. The Morgan fingerprint density at radius 2 is 1.93 bits per heavy atom. The van der Waals surface area contributed by atoms with Gasteiger partial charge in [0.2, 0.25) is 0 Å². The molecule has 1 fully saturated rings. The van der Waals surface area contributed by atoms with Gasteiger partial charge in [0.05, 0.1) is 30.4 Å². The number of aliphatic imine (C=N–C) groups is 1. The Balaban J connectivity index is 1.45. The van der Waals surface area contributed by atoms with Crippen molar-refractivity contribution in [1.29, 1.82) is 0 Å². The number of benzene rings is 1. The van der Waals surface area contributed by atoms with Gasteiger partial charge in [0.15, 0.2) is 5.96 Å². The van der Waals surface area contributed by atoms with E-state index in [4.69, 9.17) is 20.4 Å². The van der Waals surface area contributed by atoms with Gasteiger partial charge < -0.3 is 25.6 Å². The van der Waals surface area contributed by atoms with Gasteiger partial charge in [-0.25, -0.2) is 4.99 Å². The number of hydrogen-bond acceptors (Lipinski definition) is 7. The van der Waals surface area contributed by atoms with Gasteiger partial charge in [-0.2, -0.15) is 0 Å². The number of likely N-dealkylation sites (N-methyl/N-ethyl adjacent to an activating group) is 1. The monoisotopic (exact) mass is 404 g/mol. The van der Waals surface area contributed by atoms with Crippen molar-refractivity contribution in [2.75, 3.05) is 45.2 Å². The molecule has 7 nitrogen and oxygen atoms in total. The average molecular weight is 405 g/mol. The zero-order valence-electron chi connectivity index (χ0n) is 17.6. The molecule has 1 saturated heterocycles. The van der Waals surface area contributed by atoms with E-state index >= 15 is 0 Å². The highest BCUT2D eigenvalue weighted by molar-refractivity contribution is 5.92. The van der Waals surface area contributed by atoms with Crippen molar-refractivity contribution in [3.8, 4) is 5.75 Å². The van der Waals surface area contributed by atoms with Crippen LogP contribution in [0.5, 0.6) is 5.75 Å². The zero-order chi connectivity index (χ0) is 20.7. The second-order valence-electron chi connectivity index (χ2n) is 8.20. The summed E-state index contributed by atoms with van der Waals surface area (Å²) in [6, 6.07) is 10.3. The fourth-order valence-corrected chi connectivity index (χ4v) is 4.57. The molecule has 0 amide bonds. The van der Waals surface area contributed by atoms with Crippen molar-refractivity contribution >= 4 is 17.3 Å². The minimum atomic E-state index is -0.141. The molecular weight excluding hydrogens is 376 g/mol. The van der Waals surface area contributed by atoms with Crippen LogP contribution >= 0.6 is 0 Å². The number of methoxy groups -OCH3 is 1. The predicted octanol–water partition coefficient (Wildman–Crippen LogP) is 2.16. The molecule has 0 bridgehead atoms. The average Bonchev–Trinajstić information content (AvgIpc) is 2.78. The number of nitrogens with zero attached hydrogens (tertiary/aromatic N) is 4. The second-order valence-corrected chi connectivity index (χ2v) is 8.20. The van der Waals surface area contributed by atoms with E-state index in [0.29, 0.717) is 5.96 Å². The van der Waals surface area contributed by atoms with Crippen LogP contribution in [-0.4, -0.2) is 56.2 Å². The molecule has 3 heterocycles. The number of nitrogens with two attached hydrogens (primary N) is 1. The van der Waals surface area contributed by atoms with Crippen molar-refractivity contribution in [3.05, 3.63) is 58.9 Å². The number of hydrogen-bond donors (Lipinski definition) is 2. The van der Waals surface area contributed by atoms with Gasteiger partial charge in [-0.1, -0.05) is 0 Å². The molecule has 156 valence electrons. The van der Waals surface area contributed by atoms with Gasteiger partial charge >= 0.3 is 0 Å². The fraction of sp³-hybridized carbons (Fsp3) is 0.391. The summed E-state index contributed by atoms with van der Waals surface area (Å²) in [6.07, 6.45) is 3.86. The van der Waals surface area contributed by atoms with Crippen molar-refractivity contribution in [2.24, 2.45) is 10.7 Å². The van der Waals surface area contributed by atoms with Crippen LogP contribution in [0.3, 0.4) is 0 Å². The topological polar surface area (TPSA) is 79.0 Å². The quantitative estimate of drug-likeness (QED) is 0.816. The molecule has 2 aromatic rings. The minimum absolute atomic E-state index is 0.141. The summed E-state index contributed by atoms with van der Waals surface area (Å²) in [5.74, 6) is 1.32. The molecule has 0 radical (unpaired) electrons. The number of aromatic nitrogens is 1. The summed E-state index contributed by atoms with van der Waals surface area (Å²) in [5.41, 5.74) is 13.1. The standard InChI is InChI=1S/C23H28N6O/c1-28-9-11-29(12-10-28)16-4-8-20(25-14-16)22-19-6-3-15-13-17(30-2)5-7-18(15)21(19)26-23(24)27-22/h4-5,7-8,13-14,22H,3,6,9-12H2,1-2H3,(H3,24,26,27). The molecular formula is C23H28N6O. The molecule has 1 aromatic heterocycles. The van der Waals surface area contributed by atoms with E-state index in [1.807, 2.05) is 12.3 Å². The fourth-order valence-electron chi connectivity index (χ4n) is 4.57. The molecule has 2 aliphatic heterocycles. The molecule has 1 unspecified atom stereocenters. The third-order valence-corrected chi connectivity index (χ3v) is 6.34. The second kappa shape index (κ2) is 7.65. The van der Waals surface area contributed by atoms with Crippen molar-refractivity contribution in [1.82, 2.24) is 15.2 Å². The number of guanidine groups is 1. The predicted molar refractivity (Wildman–Crippen MR) is 120 cm³/mol. The van der Waals surface area contributed by atoms with Crippen LogP contribution in [0.2, 0.25) is 0 Å². The van der Waals surface area contributed by atoms with Crippen LogP contribution in [0.1, 0.15) is 29.3 Å². The normalized spacial score (nSPS) is 21.5. The van der Waals surface area contributed by atoms with Gasteiger partial charge in [-0.05, 0) is 61.4 Å². The Morgan fingerprint density at radius 3 is 2.67 bits per heavy atom. The summed E-state index contributed by atoms with van der Waals surface area (Å²) < 4.78 is 5.39. The van der Waals surface area contributed by atoms with E-state index in [0.717, 1.165) is 56.2 Å². The lowest BCUT2D eigenvalue weighted by atomic mass is 9.84. The van der Waals surface area contributed by atoms with Crippen molar-refractivity contribution in [3.63, 3.8) is 0 Å². The molecule has 0 saturated carbocycles. The Bertz CT molecular complexity index is 1000. The van der Waals surface area contributed by atoms with Crippen LogP contribution in [0.4, 0.5) is 5.69 Å². The molecule has 30 heavy (non-hydrogen) atoms. The van der Waals surface area contributed by atoms with Crippen LogP contribution < -0.4 is 20.7 Å². The van der Waals surface area contributed by atoms with Gasteiger partial charge in [-0.15, -0.1) is 0 Å². The number of nitrogens with one attached hydrogen (secondary N) is 1. The molecule has 5 rings (SSSR count). The molecule has 7 heteroatoms. The SMILES string of the molecule is COc1ccc2c(c1)CCC1=C2NC(N)=NC1c1ccc(N2CCN(C)CC2)cn1. The summed E-state index contributed by atoms with van der Waals surface area (Å²) in [7, 11) is 3.87. The number of pyridine rings is 1. The van der Waals surface area contributed by atoms with Crippen LogP contribution in [-0.2, 0) is 6.42 Å². The maximum Gasteiger partial charge on any atom is 0.194 e. The lowest BCUT2D eigenvalue weighted by Crippen LogP contribution is -2.44. The summed E-state index contributed by atoms with van der Waals surface area (Å²) in [5, 5.41) is 3.30. The molecule has 1 atom stereocenters. The van der Waals surface area contributed by atoms with E-state index in [1.54, 1.807) is 7.11 Å². The first-order chi connectivity index (χ1) is 14.6. The number of ether oxygens (including phenoxy) is 1. The maximum atomic E-state index is 6.18. The molecule has 3 N–H and O–H groups in total. The van der Waals surface area contributed by atoms with Crippen molar-refractivity contribution < 1.29 is 4.74 Å². The van der Waals surface area contributed by atoms with Gasteiger partial charge in [-0.3, -0.25) is 4.98 Å². The summed E-state index contributed by atoms with van der Waals surface area (Å²) in [6.45, 7) is 4.23. The third kappa shape index (κ3) is 3.39. The highest BCUT2D eigenvalue weighted by Crippen LogP contribution is 2.41. The lowest BCUT2D eigenvalue weighted by Gasteiger charge is -2.34. The Hall–Kier alpha value is -3.06. The summed E-state index contributed by atoms with van der Waals surface area (Å²) in [4.78, 5) is 14.3. The first kappa shape index (κ1) is 18.9. The van der Waals surface area contributed by atoms with Gasteiger partial charge in [0.1, 0.15) is 11.8 Å². The zero-order valence-corrected chi connectivity index (χ0v) is 17.6.